The largest absolute Gasteiger partial charge is 0.508 e. The number of rotatable bonds is 4. The molecule has 1 N–H and O–H groups in total. The Labute approximate surface area is 162 Å². The molecule has 0 atom stereocenters. The predicted octanol–water partition coefficient (Wildman–Crippen LogP) is 4.88. The Morgan fingerprint density at radius 1 is 0.963 bits per heavy atom. The lowest BCUT2D eigenvalue weighted by Crippen LogP contribution is -2.36. The molecule has 0 aliphatic rings. The molecule has 142 valence electrons. The maximum atomic E-state index is 9.92. The van der Waals surface area contributed by atoms with Crippen LogP contribution in [-0.2, 0) is 12.1 Å². The van der Waals surface area contributed by atoms with E-state index in [1.807, 2.05) is 16.8 Å². The number of hydrogen-bond acceptors (Lipinski definition) is 2. The van der Waals surface area contributed by atoms with Gasteiger partial charge < -0.3 is 9.59 Å². The standard InChI is InChI=1S/C23H29N3O/c1-23(2,3)19-12-10-17(11-13-19)22-21(18-8-7-9-20(27)14-18)15-25(24-22)16-26(4,5)6/h7-15H,16H2,1-6H3/p+1. The topological polar surface area (TPSA) is 38.0 Å². The van der Waals surface area contributed by atoms with Crippen LogP contribution in [0.3, 0.4) is 0 Å². The molecule has 0 fully saturated rings. The van der Waals surface area contributed by atoms with Crippen molar-refractivity contribution in [1.29, 1.82) is 0 Å². The number of hydrogen-bond donors (Lipinski definition) is 1. The highest BCUT2D eigenvalue weighted by Crippen LogP contribution is 2.34. The molecular formula is C23H30N3O+. The van der Waals surface area contributed by atoms with Gasteiger partial charge in [0.15, 0.2) is 6.67 Å². The second-order valence-electron chi connectivity index (χ2n) is 9.24. The monoisotopic (exact) mass is 364 g/mol. The summed E-state index contributed by atoms with van der Waals surface area (Å²) < 4.78 is 2.77. The van der Waals surface area contributed by atoms with Crippen molar-refractivity contribution in [3.05, 3.63) is 60.3 Å². The second kappa shape index (κ2) is 6.86. The van der Waals surface area contributed by atoms with E-state index in [1.165, 1.54) is 5.56 Å². The van der Waals surface area contributed by atoms with Crippen LogP contribution in [0.2, 0.25) is 0 Å². The smallest absolute Gasteiger partial charge is 0.173 e. The van der Waals surface area contributed by atoms with Crippen molar-refractivity contribution in [2.24, 2.45) is 0 Å². The molecule has 0 unspecified atom stereocenters. The van der Waals surface area contributed by atoms with Crippen molar-refractivity contribution in [2.45, 2.75) is 32.9 Å². The van der Waals surface area contributed by atoms with Gasteiger partial charge in [-0.05, 0) is 28.7 Å². The molecule has 2 aromatic carbocycles. The van der Waals surface area contributed by atoms with Crippen LogP contribution in [0.25, 0.3) is 22.4 Å². The number of quaternary nitrogens is 1. The van der Waals surface area contributed by atoms with E-state index in [4.69, 9.17) is 5.10 Å². The first-order valence-corrected chi connectivity index (χ1v) is 9.31. The summed E-state index contributed by atoms with van der Waals surface area (Å²) in [6.45, 7) is 7.42. The zero-order valence-electron chi connectivity index (χ0n) is 17.2. The molecule has 0 spiro atoms. The van der Waals surface area contributed by atoms with Crippen molar-refractivity contribution in [1.82, 2.24) is 9.78 Å². The number of aromatic hydroxyl groups is 1. The average molecular weight is 365 g/mol. The summed E-state index contributed by atoms with van der Waals surface area (Å²) in [5.74, 6) is 0.265. The quantitative estimate of drug-likeness (QED) is 0.670. The molecule has 0 saturated heterocycles. The lowest BCUT2D eigenvalue weighted by Gasteiger charge is -2.23. The van der Waals surface area contributed by atoms with Crippen LogP contribution < -0.4 is 0 Å². The summed E-state index contributed by atoms with van der Waals surface area (Å²) in [6, 6.07) is 16.0. The summed E-state index contributed by atoms with van der Waals surface area (Å²) in [7, 11) is 6.44. The lowest BCUT2D eigenvalue weighted by molar-refractivity contribution is -0.893. The minimum absolute atomic E-state index is 0.121. The third-order valence-electron chi connectivity index (χ3n) is 4.51. The van der Waals surface area contributed by atoms with Crippen molar-refractivity contribution in [3.8, 4) is 28.1 Å². The first kappa shape index (κ1) is 19.2. The summed E-state index contributed by atoms with van der Waals surface area (Å²) in [6.07, 6.45) is 2.07. The SMILES string of the molecule is CC(C)(C)c1ccc(-c2nn(C[N+](C)(C)C)cc2-c2cccc(O)c2)cc1. The van der Waals surface area contributed by atoms with Gasteiger partial charge in [-0.15, -0.1) is 0 Å². The highest BCUT2D eigenvalue weighted by atomic mass is 16.3. The highest BCUT2D eigenvalue weighted by molar-refractivity contribution is 5.81. The number of nitrogens with zero attached hydrogens (tertiary/aromatic N) is 3. The molecule has 0 aliphatic carbocycles. The molecule has 1 aromatic heterocycles. The van der Waals surface area contributed by atoms with Gasteiger partial charge in [0.1, 0.15) is 11.4 Å². The van der Waals surface area contributed by atoms with Gasteiger partial charge >= 0.3 is 0 Å². The summed E-state index contributed by atoms with van der Waals surface area (Å²) in [4.78, 5) is 0. The number of benzene rings is 2. The Hall–Kier alpha value is -2.59. The van der Waals surface area contributed by atoms with Crippen LogP contribution in [0.15, 0.2) is 54.7 Å². The van der Waals surface area contributed by atoms with E-state index in [0.29, 0.717) is 0 Å². The molecule has 1 heterocycles. The van der Waals surface area contributed by atoms with Gasteiger partial charge in [-0.3, -0.25) is 0 Å². The maximum Gasteiger partial charge on any atom is 0.173 e. The van der Waals surface area contributed by atoms with Crippen LogP contribution in [0, 0.1) is 0 Å². The van der Waals surface area contributed by atoms with Crippen LogP contribution in [-0.4, -0.2) is 40.5 Å². The molecule has 0 saturated carbocycles. The van der Waals surface area contributed by atoms with E-state index in [9.17, 15) is 5.11 Å². The van der Waals surface area contributed by atoms with E-state index in [0.717, 1.165) is 33.5 Å². The fourth-order valence-corrected chi connectivity index (χ4v) is 3.15. The van der Waals surface area contributed by atoms with Crippen LogP contribution in [0.1, 0.15) is 26.3 Å². The molecule has 4 nitrogen and oxygen atoms in total. The Bertz CT molecular complexity index is 925. The van der Waals surface area contributed by atoms with Crippen molar-refractivity contribution in [3.63, 3.8) is 0 Å². The zero-order chi connectivity index (χ0) is 19.8. The number of phenolic OH excluding ortho intramolecular Hbond substituents is 1. The first-order valence-electron chi connectivity index (χ1n) is 9.31. The Morgan fingerprint density at radius 2 is 1.63 bits per heavy atom. The van der Waals surface area contributed by atoms with Crippen LogP contribution in [0.5, 0.6) is 5.75 Å². The van der Waals surface area contributed by atoms with Crippen LogP contribution >= 0.6 is 0 Å². The Morgan fingerprint density at radius 3 is 2.19 bits per heavy atom. The van der Waals surface area contributed by atoms with Gasteiger partial charge in [0, 0.05) is 17.3 Å². The van der Waals surface area contributed by atoms with Gasteiger partial charge in [-0.25, -0.2) is 4.68 Å². The molecule has 0 radical (unpaired) electrons. The number of phenols is 1. The minimum atomic E-state index is 0.121. The highest BCUT2D eigenvalue weighted by Gasteiger charge is 2.18. The van der Waals surface area contributed by atoms with Gasteiger partial charge in [0.05, 0.1) is 21.1 Å². The fraction of sp³-hybridized carbons (Fsp3) is 0.348. The molecule has 3 rings (SSSR count). The van der Waals surface area contributed by atoms with Crippen molar-refractivity contribution < 1.29 is 9.59 Å². The Kier molecular flexibility index (Phi) is 4.87. The second-order valence-corrected chi connectivity index (χ2v) is 9.24. The van der Waals surface area contributed by atoms with E-state index >= 15 is 0 Å². The average Bonchev–Trinajstić information content (AvgIpc) is 2.96. The zero-order valence-corrected chi connectivity index (χ0v) is 17.2. The van der Waals surface area contributed by atoms with E-state index in [2.05, 4.69) is 72.4 Å². The van der Waals surface area contributed by atoms with Crippen LogP contribution in [0.4, 0.5) is 0 Å². The molecule has 4 heteroatoms. The van der Waals surface area contributed by atoms with Gasteiger partial charge in [0.25, 0.3) is 0 Å². The first-order chi connectivity index (χ1) is 12.5. The summed E-state index contributed by atoms with van der Waals surface area (Å²) in [5.41, 5.74) is 5.45. The van der Waals surface area contributed by atoms with Gasteiger partial charge in [-0.1, -0.05) is 57.2 Å². The van der Waals surface area contributed by atoms with E-state index in [1.54, 1.807) is 12.1 Å². The molecular weight excluding hydrogens is 334 g/mol. The Balaban J connectivity index is 2.10. The molecule has 3 aromatic rings. The predicted molar refractivity (Wildman–Crippen MR) is 111 cm³/mol. The maximum absolute atomic E-state index is 9.92. The van der Waals surface area contributed by atoms with Crippen molar-refractivity contribution >= 4 is 0 Å². The van der Waals surface area contributed by atoms with E-state index in [-0.39, 0.29) is 11.2 Å². The van der Waals surface area contributed by atoms with Crippen molar-refractivity contribution in [2.75, 3.05) is 21.1 Å². The van der Waals surface area contributed by atoms with Gasteiger partial charge in [-0.2, -0.15) is 5.10 Å². The lowest BCUT2D eigenvalue weighted by atomic mass is 9.86. The third-order valence-corrected chi connectivity index (χ3v) is 4.51. The normalized spacial score (nSPS) is 12.4. The molecule has 27 heavy (non-hydrogen) atoms. The van der Waals surface area contributed by atoms with E-state index < -0.39 is 0 Å². The summed E-state index contributed by atoms with van der Waals surface area (Å²) in [5, 5.41) is 14.8. The third kappa shape index (κ3) is 4.58. The number of aromatic nitrogens is 2. The molecule has 0 aliphatic heterocycles. The molecule has 0 amide bonds. The summed E-state index contributed by atoms with van der Waals surface area (Å²) >= 11 is 0. The van der Waals surface area contributed by atoms with Gasteiger partial charge in [0.2, 0.25) is 0 Å². The minimum Gasteiger partial charge on any atom is -0.508 e. The fourth-order valence-electron chi connectivity index (χ4n) is 3.15. The molecule has 0 bridgehead atoms.